The number of rotatable bonds is 5. The van der Waals surface area contributed by atoms with Crippen LogP contribution in [-0.2, 0) is 9.53 Å². The van der Waals surface area contributed by atoms with Crippen LogP contribution >= 0.6 is 0 Å². The third kappa shape index (κ3) is 4.18. The number of piperidine rings is 1. The van der Waals surface area contributed by atoms with E-state index in [0.29, 0.717) is 35.8 Å². The average molecular weight is 381 g/mol. The molecule has 3 aromatic rings. The van der Waals surface area contributed by atoms with Crippen LogP contribution in [0.3, 0.4) is 0 Å². The van der Waals surface area contributed by atoms with E-state index in [1.807, 2.05) is 12.1 Å². The van der Waals surface area contributed by atoms with Crippen molar-refractivity contribution in [3.05, 3.63) is 36.6 Å². The Morgan fingerprint density at radius 3 is 2.68 bits per heavy atom. The van der Waals surface area contributed by atoms with E-state index in [1.165, 1.54) is 0 Å². The SMILES string of the molecule is COC1CCN(CC(=O)Nc2cc3cc(-c4cnc(C)o4)ncc3cn2)CC1. The zero-order valence-electron chi connectivity index (χ0n) is 16.0. The molecule has 0 bridgehead atoms. The van der Waals surface area contributed by atoms with Crippen molar-refractivity contribution in [2.75, 3.05) is 32.1 Å². The van der Waals surface area contributed by atoms with Gasteiger partial charge in [-0.1, -0.05) is 0 Å². The molecular formula is C20H23N5O3. The topological polar surface area (TPSA) is 93.4 Å². The van der Waals surface area contributed by atoms with Crippen molar-refractivity contribution >= 4 is 22.5 Å². The van der Waals surface area contributed by atoms with E-state index in [2.05, 4.69) is 25.2 Å². The summed E-state index contributed by atoms with van der Waals surface area (Å²) in [6.07, 6.45) is 7.31. The molecule has 0 unspecified atom stereocenters. The second kappa shape index (κ2) is 8.04. The van der Waals surface area contributed by atoms with E-state index in [9.17, 15) is 4.79 Å². The molecular weight excluding hydrogens is 358 g/mol. The molecule has 28 heavy (non-hydrogen) atoms. The summed E-state index contributed by atoms with van der Waals surface area (Å²) in [5.41, 5.74) is 0.692. The minimum absolute atomic E-state index is 0.0668. The number of methoxy groups -OCH3 is 1. The number of carbonyl (C=O) groups excluding carboxylic acids is 1. The van der Waals surface area contributed by atoms with E-state index >= 15 is 0 Å². The van der Waals surface area contributed by atoms with Gasteiger partial charge in [-0.3, -0.25) is 14.7 Å². The summed E-state index contributed by atoms with van der Waals surface area (Å²) < 4.78 is 10.9. The van der Waals surface area contributed by atoms with Gasteiger partial charge in [0, 0.05) is 44.9 Å². The van der Waals surface area contributed by atoms with Crippen LogP contribution in [0.15, 0.2) is 35.1 Å². The standard InChI is InChI=1S/C20H23N5O3/c1-13-21-11-18(28-13)17-7-14-8-19(23-10-15(14)9-22-17)24-20(26)12-25-5-3-16(27-2)4-6-25/h7-11,16H,3-6,12H2,1-2H3,(H,23,24,26). The van der Waals surface area contributed by atoms with Crippen LogP contribution in [0.1, 0.15) is 18.7 Å². The second-order valence-electron chi connectivity index (χ2n) is 6.99. The maximum absolute atomic E-state index is 12.4. The zero-order valence-corrected chi connectivity index (χ0v) is 16.0. The first kappa shape index (κ1) is 18.5. The number of amides is 1. The first-order chi connectivity index (χ1) is 13.6. The van der Waals surface area contributed by atoms with E-state index < -0.39 is 0 Å². The number of fused-ring (bicyclic) bond motifs is 1. The lowest BCUT2D eigenvalue weighted by Gasteiger charge is -2.30. The maximum atomic E-state index is 12.4. The van der Waals surface area contributed by atoms with Crippen molar-refractivity contribution in [3.63, 3.8) is 0 Å². The van der Waals surface area contributed by atoms with Crippen molar-refractivity contribution in [3.8, 4) is 11.5 Å². The van der Waals surface area contributed by atoms with Gasteiger partial charge < -0.3 is 14.5 Å². The summed E-state index contributed by atoms with van der Waals surface area (Å²) in [6, 6.07) is 3.75. The van der Waals surface area contributed by atoms with Gasteiger partial charge in [-0.25, -0.2) is 9.97 Å². The molecule has 3 aromatic heterocycles. The summed E-state index contributed by atoms with van der Waals surface area (Å²) in [5, 5.41) is 4.70. The highest BCUT2D eigenvalue weighted by Crippen LogP contribution is 2.23. The summed E-state index contributed by atoms with van der Waals surface area (Å²) in [7, 11) is 1.74. The first-order valence-electron chi connectivity index (χ1n) is 9.34. The van der Waals surface area contributed by atoms with Gasteiger partial charge in [-0.2, -0.15) is 0 Å². The van der Waals surface area contributed by atoms with Crippen LogP contribution in [0.4, 0.5) is 5.82 Å². The highest BCUT2D eigenvalue weighted by atomic mass is 16.5. The summed E-state index contributed by atoms with van der Waals surface area (Å²) in [5.74, 6) is 1.66. The Balaban J connectivity index is 1.44. The van der Waals surface area contributed by atoms with Crippen LogP contribution in [0.25, 0.3) is 22.2 Å². The number of aryl methyl sites for hydroxylation is 1. The van der Waals surface area contributed by atoms with Crippen molar-refractivity contribution in [2.45, 2.75) is 25.9 Å². The molecule has 1 amide bonds. The molecule has 4 rings (SSSR count). The van der Waals surface area contributed by atoms with Gasteiger partial charge in [0.1, 0.15) is 11.5 Å². The first-order valence-corrected chi connectivity index (χ1v) is 9.34. The highest BCUT2D eigenvalue weighted by molar-refractivity contribution is 5.94. The number of hydrogen-bond acceptors (Lipinski definition) is 7. The van der Waals surface area contributed by atoms with Gasteiger partial charge in [-0.05, 0) is 30.4 Å². The van der Waals surface area contributed by atoms with Crippen molar-refractivity contribution < 1.29 is 13.9 Å². The quantitative estimate of drug-likeness (QED) is 0.726. The number of pyridine rings is 2. The van der Waals surface area contributed by atoms with Crippen molar-refractivity contribution in [1.82, 2.24) is 19.9 Å². The van der Waals surface area contributed by atoms with Crippen LogP contribution in [0, 0.1) is 6.92 Å². The molecule has 0 aliphatic carbocycles. The monoisotopic (exact) mass is 381 g/mol. The predicted octanol–water partition coefficient (Wildman–Crippen LogP) is 2.64. The van der Waals surface area contributed by atoms with Gasteiger partial charge in [0.05, 0.1) is 18.8 Å². The number of oxazole rings is 1. The van der Waals surface area contributed by atoms with Gasteiger partial charge in [-0.15, -0.1) is 0 Å². The summed E-state index contributed by atoms with van der Waals surface area (Å²) in [4.78, 5) is 27.4. The predicted molar refractivity (Wildman–Crippen MR) is 105 cm³/mol. The van der Waals surface area contributed by atoms with E-state index in [1.54, 1.807) is 32.6 Å². The average Bonchev–Trinajstić information content (AvgIpc) is 3.14. The highest BCUT2D eigenvalue weighted by Gasteiger charge is 2.20. The number of aromatic nitrogens is 3. The molecule has 1 fully saturated rings. The Labute approximate surface area is 162 Å². The molecule has 8 heteroatoms. The fourth-order valence-electron chi connectivity index (χ4n) is 3.41. The Morgan fingerprint density at radius 1 is 1.18 bits per heavy atom. The molecule has 0 radical (unpaired) electrons. The Bertz CT molecular complexity index is 979. The molecule has 1 saturated heterocycles. The molecule has 1 N–H and O–H groups in total. The van der Waals surface area contributed by atoms with Crippen LogP contribution in [0.5, 0.6) is 0 Å². The van der Waals surface area contributed by atoms with Gasteiger partial charge >= 0.3 is 0 Å². The Kier molecular flexibility index (Phi) is 5.31. The molecule has 4 heterocycles. The molecule has 146 valence electrons. The van der Waals surface area contributed by atoms with E-state index in [4.69, 9.17) is 9.15 Å². The minimum atomic E-state index is -0.0668. The molecule has 0 aromatic carbocycles. The number of nitrogens with one attached hydrogen (secondary N) is 1. The lowest BCUT2D eigenvalue weighted by molar-refractivity contribution is -0.117. The molecule has 0 spiro atoms. The molecule has 1 aliphatic rings. The molecule has 0 atom stereocenters. The van der Waals surface area contributed by atoms with Crippen molar-refractivity contribution in [1.29, 1.82) is 0 Å². The second-order valence-corrected chi connectivity index (χ2v) is 6.99. The smallest absolute Gasteiger partial charge is 0.239 e. The van der Waals surface area contributed by atoms with E-state index in [0.717, 1.165) is 36.7 Å². The number of anilines is 1. The largest absolute Gasteiger partial charge is 0.439 e. The summed E-state index contributed by atoms with van der Waals surface area (Å²) >= 11 is 0. The fourth-order valence-corrected chi connectivity index (χ4v) is 3.41. The minimum Gasteiger partial charge on any atom is -0.439 e. The normalized spacial score (nSPS) is 15.8. The Hall–Kier alpha value is -2.84. The van der Waals surface area contributed by atoms with Crippen LogP contribution < -0.4 is 5.32 Å². The van der Waals surface area contributed by atoms with Gasteiger partial charge in [0.25, 0.3) is 0 Å². The van der Waals surface area contributed by atoms with Gasteiger partial charge in [0.2, 0.25) is 5.91 Å². The fraction of sp³-hybridized carbons (Fsp3) is 0.400. The van der Waals surface area contributed by atoms with Crippen LogP contribution in [-0.4, -0.2) is 58.6 Å². The zero-order chi connectivity index (χ0) is 19.5. The number of ether oxygens (including phenoxy) is 1. The van der Waals surface area contributed by atoms with Gasteiger partial charge in [0.15, 0.2) is 11.7 Å². The van der Waals surface area contributed by atoms with Crippen molar-refractivity contribution in [2.24, 2.45) is 0 Å². The number of hydrogen-bond donors (Lipinski definition) is 1. The molecule has 1 aliphatic heterocycles. The third-order valence-corrected chi connectivity index (χ3v) is 4.98. The maximum Gasteiger partial charge on any atom is 0.239 e. The van der Waals surface area contributed by atoms with E-state index in [-0.39, 0.29) is 5.91 Å². The Morgan fingerprint density at radius 2 is 1.96 bits per heavy atom. The lowest BCUT2D eigenvalue weighted by Crippen LogP contribution is -2.41. The molecule has 0 saturated carbocycles. The number of likely N-dealkylation sites (tertiary alicyclic amines) is 1. The third-order valence-electron chi connectivity index (χ3n) is 4.98. The molecule has 8 nitrogen and oxygen atoms in total. The van der Waals surface area contributed by atoms with Crippen LogP contribution in [0.2, 0.25) is 0 Å². The summed E-state index contributed by atoms with van der Waals surface area (Å²) in [6.45, 7) is 3.88. The number of nitrogens with zero attached hydrogens (tertiary/aromatic N) is 4. The lowest BCUT2D eigenvalue weighted by atomic mass is 10.1. The number of carbonyl (C=O) groups is 1.